The van der Waals surface area contributed by atoms with Crippen molar-refractivity contribution in [2.75, 3.05) is 0 Å². The molecule has 0 amide bonds. The average molecular weight is 212 g/mol. The van der Waals surface area contributed by atoms with E-state index in [2.05, 4.69) is 30.9 Å². The molecule has 1 aromatic carbocycles. The third-order valence-electron chi connectivity index (χ3n) is 2.11. The van der Waals surface area contributed by atoms with Crippen LogP contribution in [0.3, 0.4) is 0 Å². The second-order valence-electron chi connectivity index (χ2n) is 3.24. The molecule has 0 radical (unpaired) electrons. The highest BCUT2D eigenvalue weighted by Gasteiger charge is 1.93. The van der Waals surface area contributed by atoms with Gasteiger partial charge in [-0.05, 0) is 30.7 Å². The van der Waals surface area contributed by atoms with Crippen LogP contribution in [0.2, 0.25) is 0 Å². The molecule has 0 saturated carbocycles. The van der Waals surface area contributed by atoms with Crippen molar-refractivity contribution >= 4 is 11.3 Å². The zero-order valence-corrected chi connectivity index (χ0v) is 9.47. The molecule has 1 heteroatoms. The highest BCUT2D eigenvalue weighted by atomic mass is 32.1. The summed E-state index contributed by atoms with van der Waals surface area (Å²) < 4.78 is 0. The van der Waals surface area contributed by atoms with Gasteiger partial charge >= 0.3 is 0 Å². The van der Waals surface area contributed by atoms with Gasteiger partial charge < -0.3 is 0 Å². The molecule has 2 aromatic rings. The summed E-state index contributed by atoms with van der Waals surface area (Å²) in [6.07, 6.45) is 1.09. The Hall–Kier alpha value is -1.52. The van der Waals surface area contributed by atoms with Crippen LogP contribution in [-0.2, 0) is 6.42 Å². The molecule has 0 fully saturated rings. The van der Waals surface area contributed by atoms with Gasteiger partial charge in [0.1, 0.15) is 0 Å². The fourth-order valence-electron chi connectivity index (χ4n) is 1.29. The molecule has 15 heavy (non-hydrogen) atoms. The Balaban J connectivity index is 2.18. The summed E-state index contributed by atoms with van der Waals surface area (Å²) in [7, 11) is 0. The minimum absolute atomic E-state index is 1.07. The standard InChI is InChI=1S/C14H12S/c1-2-13-10-11-14(15-13)9-8-12-6-4-3-5-7-12/h3-7,10-11H,2H2,1H3. The predicted octanol–water partition coefficient (Wildman–Crippen LogP) is 3.71. The molecule has 0 aliphatic rings. The number of thiophene rings is 1. The SMILES string of the molecule is CCc1ccc(C#Cc2ccccc2)s1. The van der Waals surface area contributed by atoms with Gasteiger partial charge in [0.2, 0.25) is 0 Å². The zero-order chi connectivity index (χ0) is 10.5. The fraction of sp³-hybridized carbons (Fsp3) is 0.143. The molecule has 0 saturated heterocycles. The smallest absolute Gasteiger partial charge is 0.0775 e. The Kier molecular flexibility index (Phi) is 3.22. The fourth-order valence-corrected chi connectivity index (χ4v) is 2.09. The molecule has 0 N–H and O–H groups in total. The first-order valence-corrected chi connectivity index (χ1v) is 5.86. The first-order valence-electron chi connectivity index (χ1n) is 5.04. The molecule has 0 bridgehead atoms. The third-order valence-corrected chi connectivity index (χ3v) is 3.26. The molecule has 0 spiro atoms. The summed E-state index contributed by atoms with van der Waals surface area (Å²) in [5.74, 6) is 6.34. The van der Waals surface area contributed by atoms with Gasteiger partial charge in [-0.25, -0.2) is 0 Å². The van der Waals surface area contributed by atoms with Crippen molar-refractivity contribution in [3.8, 4) is 11.8 Å². The van der Waals surface area contributed by atoms with Crippen LogP contribution in [0.5, 0.6) is 0 Å². The maximum atomic E-state index is 3.18. The quantitative estimate of drug-likeness (QED) is 0.632. The Morgan fingerprint density at radius 2 is 1.80 bits per heavy atom. The maximum Gasteiger partial charge on any atom is 0.0775 e. The van der Waals surface area contributed by atoms with Gasteiger partial charge in [0.05, 0.1) is 4.88 Å². The van der Waals surface area contributed by atoms with Gasteiger partial charge in [-0.3, -0.25) is 0 Å². The van der Waals surface area contributed by atoms with E-state index in [1.165, 1.54) is 4.88 Å². The number of hydrogen-bond donors (Lipinski definition) is 0. The first-order chi connectivity index (χ1) is 7.38. The number of rotatable bonds is 1. The lowest BCUT2D eigenvalue weighted by molar-refractivity contribution is 1.19. The van der Waals surface area contributed by atoms with Gasteiger partial charge in [0.25, 0.3) is 0 Å². The van der Waals surface area contributed by atoms with Crippen molar-refractivity contribution in [2.45, 2.75) is 13.3 Å². The summed E-state index contributed by atoms with van der Waals surface area (Å²) in [4.78, 5) is 2.54. The van der Waals surface area contributed by atoms with Crippen molar-refractivity contribution in [2.24, 2.45) is 0 Å². The largest absolute Gasteiger partial charge is 0.132 e. The topological polar surface area (TPSA) is 0 Å². The molecule has 74 valence electrons. The summed E-state index contributed by atoms with van der Waals surface area (Å²) in [5, 5.41) is 0. The lowest BCUT2D eigenvalue weighted by Gasteiger charge is -1.85. The second kappa shape index (κ2) is 4.82. The monoisotopic (exact) mass is 212 g/mol. The molecule has 1 aromatic heterocycles. The lowest BCUT2D eigenvalue weighted by atomic mass is 10.2. The van der Waals surface area contributed by atoms with Crippen LogP contribution in [-0.4, -0.2) is 0 Å². The van der Waals surface area contributed by atoms with E-state index in [1.807, 2.05) is 30.3 Å². The molecule has 0 atom stereocenters. The Bertz CT molecular complexity index is 483. The van der Waals surface area contributed by atoms with E-state index in [0.29, 0.717) is 0 Å². The van der Waals surface area contributed by atoms with Crippen molar-refractivity contribution in [3.05, 3.63) is 57.8 Å². The lowest BCUT2D eigenvalue weighted by Crippen LogP contribution is -1.70. The Labute approximate surface area is 94.6 Å². The van der Waals surface area contributed by atoms with Crippen LogP contribution in [0.1, 0.15) is 22.2 Å². The molecule has 0 unspecified atom stereocenters. The van der Waals surface area contributed by atoms with Crippen LogP contribution >= 0.6 is 11.3 Å². The Morgan fingerprint density at radius 3 is 2.47 bits per heavy atom. The summed E-state index contributed by atoms with van der Waals surface area (Å²) >= 11 is 1.78. The summed E-state index contributed by atoms with van der Waals surface area (Å²) in [6.45, 7) is 2.17. The van der Waals surface area contributed by atoms with Crippen LogP contribution in [0.15, 0.2) is 42.5 Å². The predicted molar refractivity (Wildman–Crippen MR) is 66.1 cm³/mol. The van der Waals surface area contributed by atoms with Crippen molar-refractivity contribution in [1.82, 2.24) is 0 Å². The van der Waals surface area contributed by atoms with Crippen LogP contribution in [0, 0.1) is 11.8 Å². The van der Waals surface area contributed by atoms with Gasteiger partial charge in [0.15, 0.2) is 0 Å². The van der Waals surface area contributed by atoms with E-state index in [-0.39, 0.29) is 0 Å². The van der Waals surface area contributed by atoms with Crippen molar-refractivity contribution < 1.29 is 0 Å². The van der Waals surface area contributed by atoms with Gasteiger partial charge in [0, 0.05) is 10.4 Å². The van der Waals surface area contributed by atoms with Gasteiger partial charge in [-0.15, -0.1) is 11.3 Å². The maximum absolute atomic E-state index is 3.18. The molecular formula is C14H12S. The van der Waals surface area contributed by atoms with E-state index in [9.17, 15) is 0 Å². The normalized spacial score (nSPS) is 9.40. The third kappa shape index (κ3) is 2.71. The molecule has 1 heterocycles. The number of hydrogen-bond acceptors (Lipinski definition) is 1. The molecule has 0 aliphatic heterocycles. The zero-order valence-electron chi connectivity index (χ0n) is 8.66. The van der Waals surface area contributed by atoms with E-state index in [4.69, 9.17) is 0 Å². The second-order valence-corrected chi connectivity index (χ2v) is 4.40. The number of benzene rings is 1. The van der Waals surface area contributed by atoms with Crippen LogP contribution < -0.4 is 0 Å². The summed E-state index contributed by atoms with van der Waals surface area (Å²) in [6, 6.07) is 14.3. The van der Waals surface area contributed by atoms with Crippen LogP contribution in [0.4, 0.5) is 0 Å². The highest BCUT2D eigenvalue weighted by Crippen LogP contribution is 2.15. The highest BCUT2D eigenvalue weighted by molar-refractivity contribution is 7.12. The minimum Gasteiger partial charge on any atom is -0.132 e. The van der Waals surface area contributed by atoms with E-state index >= 15 is 0 Å². The summed E-state index contributed by atoms with van der Waals surface area (Å²) in [5.41, 5.74) is 1.07. The van der Waals surface area contributed by atoms with E-state index < -0.39 is 0 Å². The number of aryl methyl sites for hydroxylation is 1. The molecular weight excluding hydrogens is 200 g/mol. The molecule has 0 aliphatic carbocycles. The van der Waals surface area contributed by atoms with E-state index in [0.717, 1.165) is 16.9 Å². The average Bonchev–Trinajstić information content (AvgIpc) is 2.76. The molecule has 0 nitrogen and oxygen atoms in total. The molecule has 2 rings (SSSR count). The van der Waals surface area contributed by atoms with Crippen molar-refractivity contribution in [1.29, 1.82) is 0 Å². The minimum atomic E-state index is 1.07. The van der Waals surface area contributed by atoms with Crippen molar-refractivity contribution in [3.63, 3.8) is 0 Å². The van der Waals surface area contributed by atoms with Gasteiger partial charge in [-0.1, -0.05) is 37.0 Å². The first kappa shape index (κ1) is 10.0. The van der Waals surface area contributed by atoms with E-state index in [1.54, 1.807) is 11.3 Å². The van der Waals surface area contributed by atoms with Gasteiger partial charge in [-0.2, -0.15) is 0 Å². The Morgan fingerprint density at radius 1 is 1.00 bits per heavy atom. The van der Waals surface area contributed by atoms with Crippen LogP contribution in [0.25, 0.3) is 0 Å².